The fourth-order valence-electron chi connectivity index (χ4n) is 10.2. The van der Waals surface area contributed by atoms with Crippen molar-refractivity contribution in [1.82, 2.24) is 5.32 Å². The molecule has 3 atom stereocenters. The number of rotatable bonds is 63. The van der Waals surface area contributed by atoms with E-state index in [0.29, 0.717) is 17.4 Å². The Kier molecular flexibility index (Phi) is 59.4. The minimum absolute atomic E-state index is 0.000125. The average molecular weight is 1130 g/mol. The number of nitrogens with zero attached hydrogens (tertiary/aromatic N) is 1. The van der Waals surface area contributed by atoms with Gasteiger partial charge in [0.25, 0.3) is 7.82 Å². The van der Waals surface area contributed by atoms with Crippen LogP contribution in [0.25, 0.3) is 0 Å². The molecule has 0 heterocycles. The van der Waals surface area contributed by atoms with Crippen LogP contribution in [0.1, 0.15) is 328 Å². The first-order valence-corrected chi connectivity index (χ1v) is 35.6. The van der Waals surface area contributed by atoms with Crippen LogP contribution >= 0.6 is 7.82 Å². The summed E-state index contributed by atoms with van der Waals surface area (Å²) in [6.45, 7) is 4.58. The predicted octanol–water partition coefficient (Wildman–Crippen LogP) is 21.0. The summed E-state index contributed by atoms with van der Waals surface area (Å²) in [7, 11) is 1.27. The van der Waals surface area contributed by atoms with Crippen molar-refractivity contribution in [2.45, 2.75) is 341 Å². The van der Waals surface area contributed by atoms with Crippen molar-refractivity contribution in [3.63, 3.8) is 0 Å². The van der Waals surface area contributed by atoms with Crippen LogP contribution in [-0.4, -0.2) is 68.5 Å². The third-order valence-electron chi connectivity index (χ3n) is 15.5. The molecule has 0 aromatic heterocycles. The molecule has 0 aliphatic heterocycles. The summed E-state index contributed by atoms with van der Waals surface area (Å²) in [5.74, 6) is -0.191. The lowest BCUT2D eigenvalue weighted by atomic mass is 10.0. The molecule has 9 heteroatoms. The Bertz CT molecular complexity index is 1470. The van der Waals surface area contributed by atoms with Gasteiger partial charge in [0.15, 0.2) is 0 Å². The molecule has 0 aromatic carbocycles. The van der Waals surface area contributed by atoms with Crippen LogP contribution in [-0.2, 0) is 18.4 Å². The molecule has 0 spiro atoms. The van der Waals surface area contributed by atoms with E-state index in [-0.39, 0.29) is 19.1 Å². The summed E-state index contributed by atoms with van der Waals surface area (Å²) in [5.41, 5.74) is 0. The van der Waals surface area contributed by atoms with E-state index < -0.39 is 20.0 Å². The van der Waals surface area contributed by atoms with Crippen LogP contribution in [0.4, 0.5) is 0 Å². The highest BCUT2D eigenvalue weighted by molar-refractivity contribution is 7.45. The first kappa shape index (κ1) is 77.2. The summed E-state index contributed by atoms with van der Waals surface area (Å²) >= 11 is 0. The quantitative estimate of drug-likeness (QED) is 0.0272. The molecule has 0 rings (SSSR count). The highest BCUT2D eigenvalue weighted by atomic mass is 31.2. The lowest BCUT2D eigenvalue weighted by molar-refractivity contribution is -0.870. The lowest BCUT2D eigenvalue weighted by Gasteiger charge is -2.29. The molecule has 79 heavy (non-hydrogen) atoms. The van der Waals surface area contributed by atoms with Gasteiger partial charge in [-0.25, -0.2) is 0 Å². The molecule has 0 aliphatic carbocycles. The molecular weight excluding hydrogens is 996 g/mol. The number of hydrogen-bond acceptors (Lipinski definition) is 6. The van der Waals surface area contributed by atoms with Crippen LogP contribution < -0.4 is 10.2 Å². The molecule has 0 saturated heterocycles. The van der Waals surface area contributed by atoms with E-state index in [2.05, 4.69) is 67.8 Å². The maximum absolute atomic E-state index is 13.0. The van der Waals surface area contributed by atoms with E-state index in [1.807, 2.05) is 27.2 Å². The SMILES string of the molecule is CC/C=C\C/C=C\C/C=C\C/C=C\CCCCCCCCCCCCCCCCCCCCCCCCC(=O)NC(COP(=O)([O-])OCC[N+](C)(C)C)C(O)/C=C/CCCCCCCCCCCCCCCCCCCCCC. The molecule has 3 unspecified atom stereocenters. The molecule has 0 saturated carbocycles. The first-order chi connectivity index (χ1) is 38.5. The number of phosphoric ester groups is 1. The molecule has 0 aliphatic rings. The van der Waals surface area contributed by atoms with Crippen molar-refractivity contribution in [3.8, 4) is 0 Å². The highest BCUT2D eigenvalue weighted by Gasteiger charge is 2.23. The molecule has 0 fully saturated rings. The molecule has 0 bridgehead atoms. The van der Waals surface area contributed by atoms with Crippen molar-refractivity contribution in [2.75, 3.05) is 40.9 Å². The van der Waals surface area contributed by atoms with E-state index >= 15 is 0 Å². The van der Waals surface area contributed by atoms with Gasteiger partial charge in [0.1, 0.15) is 13.2 Å². The van der Waals surface area contributed by atoms with E-state index in [1.165, 1.54) is 244 Å². The number of carbonyl (C=O) groups is 1. The van der Waals surface area contributed by atoms with Crippen molar-refractivity contribution in [2.24, 2.45) is 0 Å². The maximum atomic E-state index is 13.0. The molecule has 464 valence electrons. The van der Waals surface area contributed by atoms with Gasteiger partial charge in [0.2, 0.25) is 5.91 Å². The number of allylic oxidation sites excluding steroid dienone is 9. The number of quaternary nitrogens is 1. The van der Waals surface area contributed by atoms with E-state index in [1.54, 1.807) is 6.08 Å². The summed E-state index contributed by atoms with van der Waals surface area (Å²) in [5, 5.41) is 14.0. The molecule has 2 N–H and O–H groups in total. The smallest absolute Gasteiger partial charge is 0.268 e. The Morgan fingerprint density at radius 3 is 1.13 bits per heavy atom. The number of nitrogens with one attached hydrogen (secondary N) is 1. The molecular formula is C70H133N2O6P. The van der Waals surface area contributed by atoms with Gasteiger partial charge in [0.05, 0.1) is 39.9 Å². The van der Waals surface area contributed by atoms with Crippen LogP contribution in [0, 0.1) is 0 Å². The first-order valence-electron chi connectivity index (χ1n) is 34.2. The zero-order valence-electron chi connectivity index (χ0n) is 53.1. The van der Waals surface area contributed by atoms with Crippen molar-refractivity contribution in [3.05, 3.63) is 60.8 Å². The maximum Gasteiger partial charge on any atom is 0.268 e. The second-order valence-electron chi connectivity index (χ2n) is 24.5. The van der Waals surface area contributed by atoms with Crippen LogP contribution in [0.5, 0.6) is 0 Å². The van der Waals surface area contributed by atoms with Gasteiger partial charge in [-0.15, -0.1) is 0 Å². The number of aliphatic hydroxyl groups is 1. The van der Waals surface area contributed by atoms with Gasteiger partial charge in [-0.1, -0.05) is 325 Å². The molecule has 0 radical (unpaired) electrons. The van der Waals surface area contributed by atoms with Crippen molar-refractivity contribution >= 4 is 13.7 Å². The zero-order valence-corrected chi connectivity index (χ0v) is 54.0. The highest BCUT2D eigenvalue weighted by Crippen LogP contribution is 2.38. The number of unbranched alkanes of at least 4 members (excludes halogenated alkanes) is 42. The van der Waals surface area contributed by atoms with Gasteiger partial charge in [-0.3, -0.25) is 9.36 Å². The van der Waals surface area contributed by atoms with E-state index in [4.69, 9.17) is 9.05 Å². The van der Waals surface area contributed by atoms with Crippen molar-refractivity contribution < 1.29 is 32.9 Å². The third-order valence-corrected chi connectivity index (χ3v) is 16.4. The van der Waals surface area contributed by atoms with Crippen LogP contribution in [0.2, 0.25) is 0 Å². The van der Waals surface area contributed by atoms with Gasteiger partial charge in [0, 0.05) is 6.42 Å². The number of hydrogen-bond donors (Lipinski definition) is 2. The summed E-state index contributed by atoms with van der Waals surface area (Å²) < 4.78 is 23.4. The largest absolute Gasteiger partial charge is 0.756 e. The number of likely N-dealkylation sites (N-methyl/N-ethyl adjacent to an activating group) is 1. The van der Waals surface area contributed by atoms with Crippen LogP contribution in [0.3, 0.4) is 0 Å². The second-order valence-corrected chi connectivity index (χ2v) is 25.9. The number of carbonyl (C=O) groups excluding carboxylic acids is 1. The molecule has 8 nitrogen and oxygen atoms in total. The van der Waals surface area contributed by atoms with E-state index in [9.17, 15) is 19.4 Å². The van der Waals surface area contributed by atoms with Gasteiger partial charge in [-0.05, 0) is 57.8 Å². The Morgan fingerprint density at radius 1 is 0.456 bits per heavy atom. The summed E-state index contributed by atoms with van der Waals surface area (Å²) in [6.07, 6.45) is 83.4. The van der Waals surface area contributed by atoms with Gasteiger partial charge in [-0.2, -0.15) is 0 Å². The Balaban J connectivity index is 4.01. The lowest BCUT2D eigenvalue weighted by Crippen LogP contribution is -2.45. The van der Waals surface area contributed by atoms with Gasteiger partial charge >= 0.3 is 0 Å². The number of aliphatic hydroxyl groups excluding tert-OH is 1. The minimum atomic E-state index is -4.60. The minimum Gasteiger partial charge on any atom is -0.756 e. The number of amides is 1. The Morgan fingerprint density at radius 2 is 0.772 bits per heavy atom. The third kappa shape index (κ3) is 63.6. The summed E-state index contributed by atoms with van der Waals surface area (Å²) in [4.78, 5) is 25.6. The summed E-state index contributed by atoms with van der Waals surface area (Å²) in [6, 6.07) is -0.887. The van der Waals surface area contributed by atoms with E-state index in [0.717, 1.165) is 64.2 Å². The van der Waals surface area contributed by atoms with Gasteiger partial charge < -0.3 is 28.8 Å². The fourth-order valence-corrected chi connectivity index (χ4v) is 10.9. The topological polar surface area (TPSA) is 108 Å². The predicted molar refractivity (Wildman–Crippen MR) is 344 cm³/mol. The average Bonchev–Trinajstić information content (AvgIpc) is 3.42. The second kappa shape index (κ2) is 60.8. The molecule has 1 amide bonds. The van der Waals surface area contributed by atoms with Crippen molar-refractivity contribution in [1.29, 1.82) is 0 Å². The monoisotopic (exact) mass is 1130 g/mol. The normalized spacial score (nSPS) is 14.1. The zero-order chi connectivity index (χ0) is 57.7. The molecule has 0 aromatic rings. The fraction of sp³-hybridized carbons (Fsp3) is 0.843. The standard InChI is InChI=1S/C70H133N2O6P/c1-6-8-10-12-14-16-18-20-22-24-26-28-30-31-32-33-34-35-36-37-38-39-40-41-42-44-46-48-50-52-54-56-58-60-62-64-70(74)71-68(67-78-79(75,76)77-66-65-72(3,4)5)69(73)63-61-59-57-55-53-51-49-47-45-43-29-27-25-23-21-19-17-15-13-11-9-7-2/h8,10,14,16,20,22,26,28,61,63,68-69,73H,6-7,9,11-13,15,17-19,21,23-25,27,29-60,62,64-67H2,1-5H3,(H-,71,74,75,76)/b10-8-,16-14-,22-20-,28-26-,63-61+. The Labute approximate surface area is 492 Å². The number of phosphoric acid groups is 1. The Hall–Kier alpha value is -1.80. The van der Waals surface area contributed by atoms with Crippen LogP contribution in [0.15, 0.2) is 60.8 Å².